The number of rotatable bonds is 6. The maximum absolute atomic E-state index is 12.0. The van der Waals surface area contributed by atoms with Gasteiger partial charge in [-0.25, -0.2) is 4.68 Å². The van der Waals surface area contributed by atoms with E-state index in [2.05, 4.69) is 22.5 Å². The molecule has 2 rings (SSSR count). The highest BCUT2D eigenvalue weighted by atomic mass is 16.2. The van der Waals surface area contributed by atoms with Crippen LogP contribution in [0.4, 0.5) is 5.82 Å². The van der Waals surface area contributed by atoms with E-state index in [9.17, 15) is 4.79 Å². The molecular weight excluding hydrogens is 264 g/mol. The molecule has 5 heteroatoms. The van der Waals surface area contributed by atoms with Gasteiger partial charge in [-0.1, -0.05) is 30.3 Å². The number of benzene rings is 1. The van der Waals surface area contributed by atoms with Crippen LogP contribution in [0, 0.1) is 6.92 Å². The highest BCUT2D eigenvalue weighted by Crippen LogP contribution is 2.06. The number of aromatic nitrogens is 2. The van der Waals surface area contributed by atoms with Crippen LogP contribution in [0.3, 0.4) is 0 Å². The van der Waals surface area contributed by atoms with Crippen LogP contribution in [-0.4, -0.2) is 21.7 Å². The van der Waals surface area contributed by atoms with Crippen LogP contribution in [0.1, 0.15) is 24.6 Å². The Labute approximate surface area is 125 Å². The van der Waals surface area contributed by atoms with Crippen LogP contribution >= 0.6 is 0 Å². The first-order chi connectivity index (χ1) is 10.0. The molecule has 1 aromatic heterocycles. The summed E-state index contributed by atoms with van der Waals surface area (Å²) in [6.07, 6.45) is 1.86. The molecule has 0 aliphatic heterocycles. The Balaban J connectivity index is 1.78. The number of nitrogens with one attached hydrogen (secondary N) is 1. The lowest BCUT2D eigenvalue weighted by molar-refractivity contribution is -0.122. The van der Waals surface area contributed by atoms with Gasteiger partial charge in [0.05, 0.1) is 5.69 Å². The summed E-state index contributed by atoms with van der Waals surface area (Å²) in [4.78, 5) is 12.0. The van der Waals surface area contributed by atoms with Crippen molar-refractivity contribution in [2.75, 3.05) is 5.73 Å². The summed E-state index contributed by atoms with van der Waals surface area (Å²) in [7, 11) is 0. The van der Waals surface area contributed by atoms with Gasteiger partial charge in [0.15, 0.2) is 0 Å². The van der Waals surface area contributed by atoms with E-state index in [1.807, 2.05) is 32.0 Å². The molecule has 2 aromatic rings. The predicted octanol–water partition coefficient (Wildman–Crippen LogP) is 1.91. The zero-order valence-electron chi connectivity index (χ0n) is 12.5. The number of aryl methyl sites for hydroxylation is 2. The Kier molecular flexibility index (Phi) is 4.98. The monoisotopic (exact) mass is 286 g/mol. The second-order valence-electron chi connectivity index (χ2n) is 5.36. The summed E-state index contributed by atoms with van der Waals surface area (Å²) in [5, 5.41) is 7.16. The fourth-order valence-electron chi connectivity index (χ4n) is 2.25. The standard InChI is InChI=1S/C16H22N4O/c1-12(8-9-14-6-4-3-5-7-14)18-16(21)11-20-15(17)10-13(2)19-20/h3-7,10,12H,8-9,11,17H2,1-2H3,(H,18,21). The van der Waals surface area contributed by atoms with Crippen molar-refractivity contribution in [1.82, 2.24) is 15.1 Å². The number of hydrogen-bond donors (Lipinski definition) is 2. The number of nitrogens with two attached hydrogens (primary N) is 1. The van der Waals surface area contributed by atoms with Crippen molar-refractivity contribution in [2.45, 2.75) is 39.3 Å². The molecule has 1 unspecified atom stereocenters. The van der Waals surface area contributed by atoms with Crippen molar-refractivity contribution in [3.63, 3.8) is 0 Å². The van der Waals surface area contributed by atoms with E-state index in [1.54, 1.807) is 6.07 Å². The van der Waals surface area contributed by atoms with Gasteiger partial charge in [0.2, 0.25) is 5.91 Å². The van der Waals surface area contributed by atoms with Crippen molar-refractivity contribution in [3.8, 4) is 0 Å². The minimum atomic E-state index is -0.0645. The summed E-state index contributed by atoms with van der Waals surface area (Å²) in [6, 6.07) is 12.1. The number of hydrogen-bond acceptors (Lipinski definition) is 3. The summed E-state index contributed by atoms with van der Waals surface area (Å²) in [5.41, 5.74) is 7.88. The molecule has 0 saturated heterocycles. The van der Waals surface area contributed by atoms with E-state index in [-0.39, 0.29) is 18.5 Å². The van der Waals surface area contributed by atoms with Gasteiger partial charge in [0, 0.05) is 12.1 Å². The van der Waals surface area contributed by atoms with E-state index in [0.29, 0.717) is 5.82 Å². The quantitative estimate of drug-likeness (QED) is 0.852. The molecule has 1 amide bonds. The summed E-state index contributed by atoms with van der Waals surface area (Å²) in [6.45, 7) is 4.03. The Bertz CT molecular complexity index is 592. The van der Waals surface area contributed by atoms with E-state index < -0.39 is 0 Å². The van der Waals surface area contributed by atoms with Crippen molar-refractivity contribution in [2.24, 2.45) is 0 Å². The summed E-state index contributed by atoms with van der Waals surface area (Å²) in [5.74, 6) is 0.449. The largest absolute Gasteiger partial charge is 0.384 e. The zero-order chi connectivity index (χ0) is 15.2. The molecule has 0 bridgehead atoms. The van der Waals surface area contributed by atoms with Crippen LogP contribution in [0.5, 0.6) is 0 Å². The van der Waals surface area contributed by atoms with E-state index in [4.69, 9.17) is 5.73 Å². The molecule has 0 radical (unpaired) electrons. The highest BCUT2D eigenvalue weighted by molar-refractivity contribution is 5.76. The third-order valence-corrected chi connectivity index (χ3v) is 3.34. The first-order valence-electron chi connectivity index (χ1n) is 7.18. The van der Waals surface area contributed by atoms with Crippen LogP contribution in [0.15, 0.2) is 36.4 Å². The van der Waals surface area contributed by atoms with Gasteiger partial charge >= 0.3 is 0 Å². The molecule has 3 N–H and O–H groups in total. The number of nitrogens with zero attached hydrogens (tertiary/aromatic N) is 2. The molecule has 5 nitrogen and oxygen atoms in total. The average Bonchev–Trinajstić information content (AvgIpc) is 2.75. The normalized spacial score (nSPS) is 12.1. The van der Waals surface area contributed by atoms with E-state index in [1.165, 1.54) is 10.2 Å². The molecule has 0 saturated carbocycles. The van der Waals surface area contributed by atoms with Gasteiger partial charge in [0.25, 0.3) is 0 Å². The maximum Gasteiger partial charge on any atom is 0.242 e. The van der Waals surface area contributed by atoms with Crippen molar-refractivity contribution >= 4 is 11.7 Å². The second kappa shape index (κ2) is 6.92. The molecule has 1 aromatic carbocycles. The van der Waals surface area contributed by atoms with Crippen molar-refractivity contribution < 1.29 is 4.79 Å². The van der Waals surface area contributed by atoms with Gasteiger partial charge in [-0.05, 0) is 32.3 Å². The number of nitrogen functional groups attached to an aromatic ring is 1. The number of amides is 1. The zero-order valence-corrected chi connectivity index (χ0v) is 12.5. The van der Waals surface area contributed by atoms with E-state index in [0.717, 1.165) is 18.5 Å². The van der Waals surface area contributed by atoms with Crippen molar-refractivity contribution in [1.29, 1.82) is 0 Å². The van der Waals surface area contributed by atoms with Gasteiger partial charge in [-0.2, -0.15) is 5.10 Å². The second-order valence-corrected chi connectivity index (χ2v) is 5.36. The first-order valence-corrected chi connectivity index (χ1v) is 7.18. The van der Waals surface area contributed by atoms with Crippen molar-refractivity contribution in [3.05, 3.63) is 47.7 Å². The fourth-order valence-corrected chi connectivity index (χ4v) is 2.25. The predicted molar refractivity (Wildman–Crippen MR) is 83.7 cm³/mol. The molecule has 1 atom stereocenters. The molecule has 0 aliphatic carbocycles. The number of carbonyl (C=O) groups excluding carboxylic acids is 1. The molecule has 0 aliphatic rings. The minimum absolute atomic E-state index is 0.0645. The first kappa shape index (κ1) is 15.1. The Morgan fingerprint density at radius 3 is 2.71 bits per heavy atom. The van der Waals surface area contributed by atoms with Gasteiger partial charge in [0.1, 0.15) is 12.4 Å². The van der Waals surface area contributed by atoms with Crippen LogP contribution in [0.25, 0.3) is 0 Å². The average molecular weight is 286 g/mol. The fraction of sp³-hybridized carbons (Fsp3) is 0.375. The minimum Gasteiger partial charge on any atom is -0.384 e. The smallest absolute Gasteiger partial charge is 0.242 e. The topological polar surface area (TPSA) is 72.9 Å². The Hall–Kier alpha value is -2.30. The van der Waals surface area contributed by atoms with Gasteiger partial charge in [-0.3, -0.25) is 4.79 Å². The van der Waals surface area contributed by atoms with E-state index >= 15 is 0 Å². The summed E-state index contributed by atoms with van der Waals surface area (Å²) < 4.78 is 1.52. The lowest BCUT2D eigenvalue weighted by Crippen LogP contribution is -2.35. The number of anilines is 1. The van der Waals surface area contributed by atoms with Crippen LogP contribution in [-0.2, 0) is 17.8 Å². The molecule has 0 spiro atoms. The molecular formula is C16H22N4O. The SMILES string of the molecule is Cc1cc(N)n(CC(=O)NC(C)CCc2ccccc2)n1. The Morgan fingerprint density at radius 1 is 1.38 bits per heavy atom. The highest BCUT2D eigenvalue weighted by Gasteiger charge is 2.10. The van der Waals surface area contributed by atoms with Gasteiger partial charge < -0.3 is 11.1 Å². The third kappa shape index (κ3) is 4.63. The Morgan fingerprint density at radius 2 is 2.10 bits per heavy atom. The van der Waals surface area contributed by atoms with Crippen LogP contribution in [0.2, 0.25) is 0 Å². The maximum atomic E-state index is 12.0. The molecule has 21 heavy (non-hydrogen) atoms. The van der Waals surface area contributed by atoms with Crippen LogP contribution < -0.4 is 11.1 Å². The van der Waals surface area contributed by atoms with Gasteiger partial charge in [-0.15, -0.1) is 0 Å². The molecule has 0 fully saturated rings. The number of carbonyl (C=O) groups is 1. The lowest BCUT2D eigenvalue weighted by Gasteiger charge is -2.14. The third-order valence-electron chi connectivity index (χ3n) is 3.34. The lowest BCUT2D eigenvalue weighted by atomic mass is 10.1. The molecule has 112 valence electrons. The molecule has 1 heterocycles. The summed E-state index contributed by atoms with van der Waals surface area (Å²) >= 11 is 0.